The van der Waals surface area contributed by atoms with Crippen LogP contribution in [0, 0.1) is 0 Å². The molecule has 0 atom stereocenters. The van der Waals surface area contributed by atoms with Gasteiger partial charge in [0.25, 0.3) is 0 Å². The Balaban J connectivity index is 0.000000472. The molecule has 0 amide bonds. The molecule has 0 fully saturated rings. The van der Waals surface area contributed by atoms with Crippen LogP contribution in [0.15, 0.2) is 60.2 Å². The van der Waals surface area contributed by atoms with Gasteiger partial charge in [-0.3, -0.25) is 0 Å². The van der Waals surface area contributed by atoms with E-state index in [1.54, 1.807) is 0 Å². The Morgan fingerprint density at radius 2 is 0.618 bits per heavy atom. The molecule has 1 aliphatic heterocycles. The van der Waals surface area contributed by atoms with Gasteiger partial charge in [-0.15, -0.1) is 0 Å². The summed E-state index contributed by atoms with van der Waals surface area (Å²) in [6.07, 6.45) is 61.1. The maximum atomic E-state index is 11.2. The predicted octanol–water partition coefficient (Wildman–Crippen LogP) is 23.2. The number of hydrogen-bond acceptors (Lipinski definition) is 0. The summed E-state index contributed by atoms with van der Waals surface area (Å²) in [5.74, 6) is 0. The minimum Gasteiger partial charge on any atom is -0.493 e. The van der Waals surface area contributed by atoms with Crippen molar-refractivity contribution in [3.05, 3.63) is 88.0 Å². The van der Waals surface area contributed by atoms with Crippen LogP contribution in [-0.4, -0.2) is 4.70 Å². The van der Waals surface area contributed by atoms with Gasteiger partial charge in [0.15, 0.2) is 0 Å². The number of hydrogen-bond donors (Lipinski definition) is 0. The standard InChI is InChI=1S/C29H38N2.2C18H37.Ni/c1-4-7-10-12-24-16-20-26(21-17-24)29-27(13-9-6-3)22-28(31(29)30)25-18-14-23(15-19-25)11-8-5-2;2*1-3-5-7-9-11-13-15-17-18-16-14-12-10-8-6-4-2;/h14-22H,4-13H2,1-3H3;2*1,3-18H2,2H3;. The topological polar surface area (TPSA) is 25.3 Å². The first-order valence-corrected chi connectivity index (χ1v) is 31.6. The molecule has 0 aliphatic carbocycles. The number of benzene rings is 2. The zero-order valence-corrected chi connectivity index (χ0v) is 47.0. The minimum atomic E-state index is 0.884. The second kappa shape index (κ2) is 46.1. The summed E-state index contributed by atoms with van der Waals surface area (Å²) in [5, 5.41) is 2.87. The molecule has 2 aromatic rings. The van der Waals surface area contributed by atoms with Crippen LogP contribution < -0.4 is 0 Å². The fourth-order valence-electron chi connectivity index (χ4n) is 9.75. The minimum absolute atomic E-state index is 0.884. The zero-order valence-electron chi connectivity index (χ0n) is 46.0. The third-order valence-electron chi connectivity index (χ3n) is 14.4. The molecule has 2 aromatic carbocycles. The molecule has 0 radical (unpaired) electrons. The normalized spacial score (nSPS) is 12.6. The van der Waals surface area contributed by atoms with Crippen molar-refractivity contribution < 1.29 is 19.1 Å². The molecule has 0 aromatic heterocycles. The van der Waals surface area contributed by atoms with E-state index < -0.39 is 0 Å². The fourth-order valence-corrected chi connectivity index (χ4v) is 11.0. The van der Waals surface area contributed by atoms with Crippen molar-refractivity contribution in [2.24, 2.45) is 0 Å². The maximum absolute atomic E-state index is 11.2. The smallest absolute Gasteiger partial charge is 0.493 e. The van der Waals surface area contributed by atoms with Crippen molar-refractivity contribution in [3.63, 3.8) is 0 Å². The molecular weight excluding hydrogens is 867 g/mol. The second-order valence-electron chi connectivity index (χ2n) is 20.9. The summed E-state index contributed by atoms with van der Waals surface area (Å²) in [6.45, 7) is 11.3. The van der Waals surface area contributed by atoms with E-state index in [1.165, 1.54) is 270 Å². The number of unbranched alkanes of at least 4 members (excludes halogenated alkanes) is 34. The van der Waals surface area contributed by atoms with Crippen LogP contribution in [0.1, 0.15) is 314 Å². The van der Waals surface area contributed by atoms with Crippen molar-refractivity contribution in [2.75, 3.05) is 0 Å². The fraction of sp³-hybridized carbons (Fsp3) is 0.754. The summed E-state index contributed by atoms with van der Waals surface area (Å²) >= 11 is 2.04. The molecule has 0 bridgehead atoms. The van der Waals surface area contributed by atoms with E-state index in [1.807, 2.05) is 14.4 Å². The Bertz CT molecular complexity index is 1450. The molecular formula is C65H112N2Ni. The van der Waals surface area contributed by atoms with Crippen molar-refractivity contribution in [2.45, 2.75) is 315 Å². The molecule has 0 N–H and O–H groups in total. The van der Waals surface area contributed by atoms with Crippen molar-refractivity contribution in [1.29, 1.82) is 0 Å². The first-order valence-electron chi connectivity index (χ1n) is 30.2. The molecule has 3 rings (SSSR count). The molecule has 1 aliphatic rings. The second-order valence-corrected chi connectivity index (χ2v) is 22.3. The number of nitrogens with zero attached hydrogens (tertiary/aromatic N) is 2. The summed E-state index contributed by atoms with van der Waals surface area (Å²) in [7, 11) is 0. The van der Waals surface area contributed by atoms with Gasteiger partial charge in [0.2, 0.25) is 11.4 Å². The summed E-state index contributed by atoms with van der Waals surface area (Å²) < 4.78 is 1.41. The van der Waals surface area contributed by atoms with E-state index in [9.17, 15) is 5.53 Å². The van der Waals surface area contributed by atoms with E-state index in [0.29, 0.717) is 0 Å². The van der Waals surface area contributed by atoms with E-state index in [-0.39, 0.29) is 0 Å². The molecule has 3 heteroatoms. The Hall–Kier alpha value is -1.99. The Morgan fingerprint density at radius 1 is 0.324 bits per heavy atom. The van der Waals surface area contributed by atoms with Gasteiger partial charge < -0.3 is 5.53 Å². The van der Waals surface area contributed by atoms with Crippen LogP contribution in [-0.2, 0) is 27.3 Å². The van der Waals surface area contributed by atoms with Gasteiger partial charge in [-0.1, -0.05) is 149 Å². The van der Waals surface area contributed by atoms with Crippen molar-refractivity contribution >= 4 is 11.4 Å². The predicted molar refractivity (Wildman–Crippen MR) is 301 cm³/mol. The molecule has 2 nitrogen and oxygen atoms in total. The SMILES string of the molecule is CCCCCCCCCCCCCCCCC[CH2][Ni][CH2]CCCCCCCCCCCCCCCCC.CCCCCc1ccc(C2=C(CCCC)C=C(c3ccc(CCCC)cc3)[N+]2=[N-])cc1. The Kier molecular flexibility index (Phi) is 42.1. The van der Waals surface area contributed by atoms with Gasteiger partial charge in [0, 0.05) is 22.8 Å². The monoisotopic (exact) mass is 979 g/mol. The molecule has 0 unspecified atom stereocenters. The molecule has 1 heterocycles. The molecule has 68 heavy (non-hydrogen) atoms. The summed E-state index contributed by atoms with van der Waals surface area (Å²) in [5.41, 5.74) is 19.2. The molecule has 0 saturated heterocycles. The van der Waals surface area contributed by atoms with Crippen molar-refractivity contribution in [3.8, 4) is 0 Å². The Labute approximate surface area is 431 Å². The van der Waals surface area contributed by atoms with E-state index in [4.69, 9.17) is 0 Å². The number of allylic oxidation sites excluding steroid dienone is 2. The van der Waals surface area contributed by atoms with Crippen LogP contribution in [0.5, 0.6) is 0 Å². The van der Waals surface area contributed by atoms with E-state index >= 15 is 0 Å². The summed E-state index contributed by atoms with van der Waals surface area (Å²) in [6, 6.07) is 17.5. The number of aryl methyl sites for hydroxylation is 2. The van der Waals surface area contributed by atoms with Gasteiger partial charge in [-0.05, 0) is 73.9 Å². The third-order valence-corrected chi connectivity index (χ3v) is 15.8. The van der Waals surface area contributed by atoms with Crippen LogP contribution >= 0.6 is 0 Å². The van der Waals surface area contributed by atoms with Gasteiger partial charge in [-0.25, -0.2) is 4.70 Å². The zero-order chi connectivity index (χ0) is 48.8. The van der Waals surface area contributed by atoms with E-state index in [2.05, 4.69) is 89.2 Å². The third kappa shape index (κ3) is 32.1. The van der Waals surface area contributed by atoms with Crippen LogP contribution in [0.4, 0.5) is 0 Å². The van der Waals surface area contributed by atoms with Gasteiger partial charge in [0.1, 0.15) is 0 Å². The van der Waals surface area contributed by atoms with Crippen molar-refractivity contribution in [1.82, 2.24) is 0 Å². The van der Waals surface area contributed by atoms with Gasteiger partial charge in [0.05, 0.1) is 0 Å². The average molecular weight is 980 g/mol. The van der Waals surface area contributed by atoms with Crippen LogP contribution in [0.3, 0.4) is 0 Å². The van der Waals surface area contributed by atoms with Gasteiger partial charge in [-0.2, -0.15) is 0 Å². The quantitative estimate of drug-likeness (QED) is 0.0359. The van der Waals surface area contributed by atoms with E-state index in [0.717, 1.165) is 54.6 Å². The average Bonchev–Trinajstić information content (AvgIpc) is 3.69. The number of rotatable bonds is 46. The summed E-state index contributed by atoms with van der Waals surface area (Å²) in [4.78, 5) is 0. The van der Waals surface area contributed by atoms with Crippen LogP contribution in [0.2, 0.25) is 10.8 Å². The van der Waals surface area contributed by atoms with Gasteiger partial charge >= 0.3 is 166 Å². The molecule has 0 saturated carbocycles. The molecule has 0 spiro atoms. The van der Waals surface area contributed by atoms with Crippen LogP contribution in [0.25, 0.3) is 16.9 Å². The first-order chi connectivity index (χ1) is 33.6. The Morgan fingerprint density at radius 3 is 0.985 bits per heavy atom. The molecule has 392 valence electrons. The first kappa shape index (κ1) is 62.1.